The van der Waals surface area contributed by atoms with E-state index < -0.39 is 0 Å². The van der Waals surface area contributed by atoms with Crippen LogP contribution < -0.4 is 10.1 Å². The molecule has 2 aromatic heterocycles. The van der Waals surface area contributed by atoms with Gasteiger partial charge in [0.1, 0.15) is 11.4 Å². The van der Waals surface area contributed by atoms with E-state index >= 15 is 0 Å². The van der Waals surface area contributed by atoms with Gasteiger partial charge in [0.25, 0.3) is 5.91 Å². The van der Waals surface area contributed by atoms with Crippen molar-refractivity contribution in [1.82, 2.24) is 25.1 Å². The van der Waals surface area contributed by atoms with Crippen LogP contribution in [-0.2, 0) is 6.42 Å². The summed E-state index contributed by atoms with van der Waals surface area (Å²) >= 11 is 1.65. The number of hydrogen-bond donors (Lipinski definition) is 1. The van der Waals surface area contributed by atoms with Crippen molar-refractivity contribution in [3.8, 4) is 5.88 Å². The van der Waals surface area contributed by atoms with Gasteiger partial charge in [-0.2, -0.15) is 0 Å². The third-order valence-corrected chi connectivity index (χ3v) is 5.32. The fraction of sp³-hybridized carbons (Fsp3) is 0.556. The Morgan fingerprint density at radius 2 is 2.19 bits per heavy atom. The zero-order chi connectivity index (χ0) is 18.4. The minimum atomic E-state index is -0.169. The highest BCUT2D eigenvalue weighted by atomic mass is 32.2. The number of amides is 1. The Morgan fingerprint density at radius 3 is 2.92 bits per heavy atom. The molecule has 1 N–H and O–H groups in total. The average Bonchev–Trinajstić information content (AvgIpc) is 3.33. The Labute approximate surface area is 157 Å². The van der Waals surface area contributed by atoms with Crippen molar-refractivity contribution in [2.45, 2.75) is 49.7 Å². The standard InChI is InChI=1S/C18H25N5O2S/c1-25-17-14(9-5-12-20-17)16(24)19-11-6-10-15-21-22-18(26-2)23(15)13-7-3-4-8-13/h5,9,12-13H,3-4,6-8,10-11H2,1-2H3,(H,19,24). The minimum Gasteiger partial charge on any atom is -0.480 e. The summed E-state index contributed by atoms with van der Waals surface area (Å²) < 4.78 is 7.44. The fourth-order valence-corrected chi connectivity index (χ4v) is 3.99. The second kappa shape index (κ2) is 9.02. The molecule has 0 saturated heterocycles. The van der Waals surface area contributed by atoms with Crippen molar-refractivity contribution in [1.29, 1.82) is 0 Å². The van der Waals surface area contributed by atoms with Gasteiger partial charge in [0, 0.05) is 25.2 Å². The monoisotopic (exact) mass is 375 g/mol. The van der Waals surface area contributed by atoms with Gasteiger partial charge in [-0.25, -0.2) is 4.98 Å². The molecule has 1 amide bonds. The van der Waals surface area contributed by atoms with Crippen LogP contribution in [0.25, 0.3) is 0 Å². The third kappa shape index (κ3) is 4.17. The topological polar surface area (TPSA) is 81.9 Å². The minimum absolute atomic E-state index is 0.169. The number of aromatic nitrogens is 4. The van der Waals surface area contributed by atoms with Crippen LogP contribution in [-0.4, -0.2) is 45.6 Å². The lowest BCUT2D eigenvalue weighted by Gasteiger charge is -2.16. The number of aryl methyl sites for hydroxylation is 1. The number of rotatable bonds is 8. The van der Waals surface area contributed by atoms with Crippen LogP contribution in [0.15, 0.2) is 23.5 Å². The van der Waals surface area contributed by atoms with Gasteiger partial charge in [0.2, 0.25) is 5.88 Å². The Morgan fingerprint density at radius 1 is 1.38 bits per heavy atom. The van der Waals surface area contributed by atoms with Crippen molar-refractivity contribution in [2.75, 3.05) is 19.9 Å². The van der Waals surface area contributed by atoms with Crippen molar-refractivity contribution in [3.63, 3.8) is 0 Å². The number of carbonyl (C=O) groups excluding carboxylic acids is 1. The van der Waals surface area contributed by atoms with E-state index in [1.165, 1.54) is 32.8 Å². The Bertz CT molecular complexity index is 743. The number of ether oxygens (including phenoxy) is 1. The smallest absolute Gasteiger partial charge is 0.256 e. The van der Waals surface area contributed by atoms with E-state index in [0.29, 0.717) is 24.0 Å². The molecule has 0 radical (unpaired) electrons. The average molecular weight is 375 g/mol. The Hall–Kier alpha value is -2.09. The first kappa shape index (κ1) is 18.7. The van der Waals surface area contributed by atoms with Gasteiger partial charge in [-0.3, -0.25) is 4.79 Å². The van der Waals surface area contributed by atoms with Crippen LogP contribution in [0.2, 0.25) is 0 Å². The van der Waals surface area contributed by atoms with Crippen LogP contribution in [0.4, 0.5) is 0 Å². The van der Waals surface area contributed by atoms with Crippen molar-refractivity contribution >= 4 is 17.7 Å². The van der Waals surface area contributed by atoms with Gasteiger partial charge in [0.15, 0.2) is 5.16 Å². The molecule has 0 atom stereocenters. The van der Waals surface area contributed by atoms with Crippen LogP contribution >= 0.6 is 11.8 Å². The lowest BCUT2D eigenvalue weighted by Crippen LogP contribution is -2.25. The molecule has 1 fully saturated rings. The summed E-state index contributed by atoms with van der Waals surface area (Å²) in [7, 11) is 1.51. The van der Waals surface area contributed by atoms with Crippen molar-refractivity contribution in [2.24, 2.45) is 0 Å². The molecule has 2 aromatic rings. The third-order valence-electron chi connectivity index (χ3n) is 4.68. The summed E-state index contributed by atoms with van der Waals surface area (Å²) in [5.74, 6) is 1.20. The van der Waals surface area contributed by atoms with Gasteiger partial charge < -0.3 is 14.6 Å². The number of nitrogens with zero attached hydrogens (tertiary/aromatic N) is 4. The highest BCUT2D eigenvalue weighted by molar-refractivity contribution is 7.98. The highest BCUT2D eigenvalue weighted by Crippen LogP contribution is 2.33. The lowest BCUT2D eigenvalue weighted by atomic mass is 10.2. The summed E-state index contributed by atoms with van der Waals surface area (Å²) in [5.41, 5.74) is 0.453. The molecule has 0 bridgehead atoms. The molecule has 2 heterocycles. The zero-order valence-electron chi connectivity index (χ0n) is 15.3. The number of carbonyl (C=O) groups is 1. The van der Waals surface area contributed by atoms with Crippen LogP contribution in [0.5, 0.6) is 5.88 Å². The molecule has 0 spiro atoms. The van der Waals surface area contributed by atoms with E-state index in [-0.39, 0.29) is 5.91 Å². The predicted molar refractivity (Wildman–Crippen MR) is 101 cm³/mol. The van der Waals surface area contributed by atoms with E-state index in [4.69, 9.17) is 4.74 Å². The van der Waals surface area contributed by atoms with Gasteiger partial charge >= 0.3 is 0 Å². The van der Waals surface area contributed by atoms with Gasteiger partial charge in [0.05, 0.1) is 7.11 Å². The SMILES string of the molecule is COc1ncccc1C(=O)NCCCc1nnc(SC)n1C1CCCC1. The summed E-state index contributed by atoms with van der Waals surface area (Å²) in [6.07, 6.45) is 10.2. The maximum Gasteiger partial charge on any atom is 0.256 e. The quantitative estimate of drug-likeness (QED) is 0.564. The molecule has 0 aliphatic heterocycles. The molecule has 8 heteroatoms. The van der Waals surface area contributed by atoms with E-state index in [0.717, 1.165) is 23.8 Å². The first-order valence-electron chi connectivity index (χ1n) is 8.99. The van der Waals surface area contributed by atoms with Crippen LogP contribution in [0.1, 0.15) is 54.3 Å². The van der Waals surface area contributed by atoms with E-state index in [1.54, 1.807) is 30.1 Å². The molecular weight excluding hydrogens is 350 g/mol. The number of pyridine rings is 1. The number of methoxy groups -OCH3 is 1. The normalized spacial score (nSPS) is 14.5. The molecule has 1 saturated carbocycles. The first-order chi connectivity index (χ1) is 12.7. The highest BCUT2D eigenvalue weighted by Gasteiger charge is 2.23. The van der Waals surface area contributed by atoms with Gasteiger partial charge in [-0.05, 0) is 37.7 Å². The summed E-state index contributed by atoms with van der Waals surface area (Å²) in [6, 6.07) is 3.96. The van der Waals surface area contributed by atoms with E-state index in [9.17, 15) is 4.79 Å². The molecule has 0 aromatic carbocycles. The van der Waals surface area contributed by atoms with Gasteiger partial charge in [-0.15, -0.1) is 10.2 Å². The van der Waals surface area contributed by atoms with Crippen LogP contribution in [0, 0.1) is 0 Å². The second-order valence-corrected chi connectivity index (χ2v) is 7.10. The summed E-state index contributed by atoms with van der Waals surface area (Å²) in [4.78, 5) is 16.3. The largest absolute Gasteiger partial charge is 0.480 e. The number of thioether (sulfide) groups is 1. The summed E-state index contributed by atoms with van der Waals surface area (Å²) in [6.45, 7) is 0.572. The number of hydrogen-bond acceptors (Lipinski definition) is 6. The molecule has 7 nitrogen and oxygen atoms in total. The molecule has 0 unspecified atom stereocenters. The molecule has 3 rings (SSSR count). The Kier molecular flexibility index (Phi) is 6.49. The van der Waals surface area contributed by atoms with Crippen LogP contribution in [0.3, 0.4) is 0 Å². The lowest BCUT2D eigenvalue weighted by molar-refractivity contribution is 0.0949. The molecule has 140 valence electrons. The Balaban J connectivity index is 1.55. The first-order valence-corrected chi connectivity index (χ1v) is 10.2. The molecular formula is C18H25N5O2S. The second-order valence-electron chi connectivity index (χ2n) is 6.33. The zero-order valence-corrected chi connectivity index (χ0v) is 16.1. The molecule has 1 aliphatic rings. The maximum absolute atomic E-state index is 12.3. The van der Waals surface area contributed by atoms with E-state index in [1.807, 2.05) is 6.26 Å². The van der Waals surface area contributed by atoms with Crippen molar-refractivity contribution in [3.05, 3.63) is 29.7 Å². The molecule has 26 heavy (non-hydrogen) atoms. The summed E-state index contributed by atoms with van der Waals surface area (Å²) in [5, 5.41) is 12.6. The van der Waals surface area contributed by atoms with Crippen molar-refractivity contribution < 1.29 is 9.53 Å². The predicted octanol–water partition coefficient (Wildman–Crippen LogP) is 2.88. The molecule has 1 aliphatic carbocycles. The number of nitrogens with one attached hydrogen (secondary N) is 1. The maximum atomic E-state index is 12.3. The van der Waals surface area contributed by atoms with Gasteiger partial charge in [-0.1, -0.05) is 24.6 Å². The fourth-order valence-electron chi connectivity index (χ4n) is 3.42. The van der Waals surface area contributed by atoms with E-state index in [2.05, 4.69) is 25.1 Å².